The molecule has 0 atom stereocenters. The summed E-state index contributed by atoms with van der Waals surface area (Å²) in [5.74, 6) is 6.70. The van der Waals surface area contributed by atoms with Gasteiger partial charge in [0.15, 0.2) is 0 Å². The zero-order valence-electron chi connectivity index (χ0n) is 8.50. The van der Waals surface area contributed by atoms with E-state index in [1.807, 2.05) is 25.1 Å². The van der Waals surface area contributed by atoms with E-state index in [4.69, 9.17) is 9.84 Å². The van der Waals surface area contributed by atoms with Crippen LogP contribution in [0.25, 0.3) is 0 Å². The third-order valence-corrected chi connectivity index (χ3v) is 1.90. The minimum absolute atomic E-state index is 0.107. The van der Waals surface area contributed by atoms with Crippen molar-refractivity contribution in [2.75, 3.05) is 13.7 Å². The largest absolute Gasteiger partial charge is 0.497 e. The summed E-state index contributed by atoms with van der Waals surface area (Å²) in [5.41, 5.74) is 2.08. The summed E-state index contributed by atoms with van der Waals surface area (Å²) in [6.45, 7) is 2.11. The molecule has 0 amide bonds. The van der Waals surface area contributed by atoms with Gasteiger partial charge in [-0.15, -0.1) is 0 Å². The number of aliphatic hydroxyl groups is 1. The fourth-order valence-corrected chi connectivity index (χ4v) is 1.08. The smallest absolute Gasteiger partial charge is 0.120 e. The van der Waals surface area contributed by atoms with Gasteiger partial charge in [0, 0.05) is 12.0 Å². The highest BCUT2D eigenvalue weighted by Crippen LogP contribution is 2.15. The summed E-state index contributed by atoms with van der Waals surface area (Å²) < 4.78 is 5.10. The first-order chi connectivity index (χ1) is 6.77. The molecule has 1 rings (SSSR count). The van der Waals surface area contributed by atoms with Crippen LogP contribution in [0.1, 0.15) is 17.5 Å². The van der Waals surface area contributed by atoms with Crippen molar-refractivity contribution in [3.05, 3.63) is 29.3 Å². The number of rotatable bonds is 2. The van der Waals surface area contributed by atoms with E-state index in [-0.39, 0.29) is 6.61 Å². The molecule has 0 radical (unpaired) electrons. The van der Waals surface area contributed by atoms with Crippen LogP contribution in [0, 0.1) is 18.8 Å². The van der Waals surface area contributed by atoms with Gasteiger partial charge in [-0.25, -0.2) is 0 Å². The van der Waals surface area contributed by atoms with Gasteiger partial charge in [-0.2, -0.15) is 0 Å². The number of hydrogen-bond acceptors (Lipinski definition) is 2. The van der Waals surface area contributed by atoms with Gasteiger partial charge in [-0.05, 0) is 24.6 Å². The molecule has 2 heteroatoms. The second-order valence-electron chi connectivity index (χ2n) is 2.96. The van der Waals surface area contributed by atoms with E-state index in [1.165, 1.54) is 0 Å². The zero-order chi connectivity index (χ0) is 10.4. The van der Waals surface area contributed by atoms with Crippen molar-refractivity contribution in [3.8, 4) is 17.6 Å². The van der Waals surface area contributed by atoms with Crippen LogP contribution in [0.4, 0.5) is 0 Å². The van der Waals surface area contributed by atoms with Crippen molar-refractivity contribution in [2.45, 2.75) is 13.3 Å². The molecule has 0 aromatic heterocycles. The summed E-state index contributed by atoms with van der Waals surface area (Å²) in [6, 6.07) is 5.79. The fraction of sp³-hybridized carbons (Fsp3) is 0.333. The van der Waals surface area contributed by atoms with E-state index in [9.17, 15) is 0 Å². The molecule has 0 spiro atoms. The van der Waals surface area contributed by atoms with Gasteiger partial charge in [0.05, 0.1) is 13.7 Å². The molecule has 74 valence electrons. The van der Waals surface area contributed by atoms with Crippen molar-refractivity contribution < 1.29 is 9.84 Å². The van der Waals surface area contributed by atoms with Gasteiger partial charge in [-0.3, -0.25) is 0 Å². The van der Waals surface area contributed by atoms with Crippen molar-refractivity contribution in [2.24, 2.45) is 0 Å². The Labute approximate surface area is 84.5 Å². The number of aliphatic hydroxyl groups excluding tert-OH is 1. The van der Waals surface area contributed by atoms with Crippen LogP contribution in [-0.2, 0) is 0 Å². The van der Waals surface area contributed by atoms with Gasteiger partial charge in [-0.1, -0.05) is 17.9 Å². The summed E-state index contributed by atoms with van der Waals surface area (Å²) in [5, 5.41) is 8.59. The van der Waals surface area contributed by atoms with Crippen molar-refractivity contribution >= 4 is 0 Å². The normalized spacial score (nSPS) is 9.07. The number of methoxy groups -OCH3 is 1. The Balaban J connectivity index is 2.91. The fourth-order valence-electron chi connectivity index (χ4n) is 1.08. The average molecular weight is 190 g/mol. The second-order valence-corrected chi connectivity index (χ2v) is 2.96. The molecule has 0 fully saturated rings. The molecule has 14 heavy (non-hydrogen) atoms. The second kappa shape index (κ2) is 5.31. The maximum absolute atomic E-state index is 8.59. The maximum Gasteiger partial charge on any atom is 0.120 e. The molecular weight excluding hydrogens is 176 g/mol. The highest BCUT2D eigenvalue weighted by atomic mass is 16.5. The quantitative estimate of drug-likeness (QED) is 0.720. The van der Waals surface area contributed by atoms with Crippen LogP contribution >= 0.6 is 0 Å². The first-order valence-corrected chi connectivity index (χ1v) is 4.52. The molecule has 0 aliphatic heterocycles. The van der Waals surface area contributed by atoms with Crippen LogP contribution in [0.15, 0.2) is 18.2 Å². The van der Waals surface area contributed by atoms with Gasteiger partial charge >= 0.3 is 0 Å². The lowest BCUT2D eigenvalue weighted by Crippen LogP contribution is -1.87. The Bertz CT molecular complexity index is 358. The molecule has 1 aromatic rings. The van der Waals surface area contributed by atoms with Crippen LogP contribution in [-0.4, -0.2) is 18.8 Å². The van der Waals surface area contributed by atoms with Gasteiger partial charge < -0.3 is 9.84 Å². The standard InChI is InChI=1S/C12H14O2/c1-10-6-7-12(14-2)9-11(10)5-3-4-8-13/h6-7,9,13H,4,8H2,1-2H3. The predicted molar refractivity (Wildman–Crippen MR) is 56.3 cm³/mol. The summed E-state index contributed by atoms with van der Waals surface area (Å²) in [4.78, 5) is 0. The number of benzene rings is 1. The molecule has 0 unspecified atom stereocenters. The molecule has 0 heterocycles. The number of hydrogen-bond donors (Lipinski definition) is 1. The predicted octanol–water partition coefficient (Wildman–Crippen LogP) is 1.74. The monoisotopic (exact) mass is 190 g/mol. The van der Waals surface area contributed by atoms with E-state index in [0.717, 1.165) is 16.9 Å². The minimum Gasteiger partial charge on any atom is -0.497 e. The highest BCUT2D eigenvalue weighted by Gasteiger charge is 1.96. The molecule has 2 nitrogen and oxygen atoms in total. The van der Waals surface area contributed by atoms with Crippen molar-refractivity contribution in [1.29, 1.82) is 0 Å². The number of aryl methyl sites for hydroxylation is 1. The lowest BCUT2D eigenvalue weighted by Gasteiger charge is -2.02. The lowest BCUT2D eigenvalue weighted by atomic mass is 10.1. The maximum atomic E-state index is 8.59. The van der Waals surface area contributed by atoms with E-state index < -0.39 is 0 Å². The van der Waals surface area contributed by atoms with Crippen LogP contribution in [0.5, 0.6) is 5.75 Å². The van der Waals surface area contributed by atoms with Crippen LogP contribution in [0.3, 0.4) is 0 Å². The Morgan fingerprint density at radius 3 is 2.86 bits per heavy atom. The van der Waals surface area contributed by atoms with Crippen LogP contribution in [0.2, 0.25) is 0 Å². The molecule has 1 aromatic carbocycles. The molecule has 0 bridgehead atoms. The lowest BCUT2D eigenvalue weighted by molar-refractivity contribution is 0.305. The van der Waals surface area contributed by atoms with Crippen molar-refractivity contribution in [3.63, 3.8) is 0 Å². The molecule has 0 saturated heterocycles. The third-order valence-electron chi connectivity index (χ3n) is 1.90. The first kappa shape index (κ1) is 10.6. The Kier molecular flexibility index (Phi) is 4.03. The third kappa shape index (κ3) is 2.79. The molecule has 0 aliphatic carbocycles. The molecular formula is C12H14O2. The topological polar surface area (TPSA) is 29.5 Å². The van der Waals surface area contributed by atoms with E-state index in [0.29, 0.717) is 6.42 Å². The average Bonchev–Trinajstić information content (AvgIpc) is 2.21. The van der Waals surface area contributed by atoms with Crippen molar-refractivity contribution in [1.82, 2.24) is 0 Å². The Hall–Kier alpha value is -1.46. The summed E-state index contributed by atoms with van der Waals surface area (Å²) in [6.07, 6.45) is 0.511. The minimum atomic E-state index is 0.107. The molecule has 0 aliphatic rings. The SMILES string of the molecule is COc1ccc(C)c(C#CCCO)c1. The van der Waals surface area contributed by atoms with Gasteiger partial charge in [0.2, 0.25) is 0 Å². The molecule has 0 saturated carbocycles. The van der Waals surface area contributed by atoms with Crippen LogP contribution < -0.4 is 4.74 Å². The molecule has 1 N–H and O–H groups in total. The highest BCUT2D eigenvalue weighted by molar-refractivity contribution is 5.45. The summed E-state index contributed by atoms with van der Waals surface area (Å²) in [7, 11) is 1.63. The van der Waals surface area contributed by atoms with E-state index in [2.05, 4.69) is 11.8 Å². The first-order valence-electron chi connectivity index (χ1n) is 4.52. The zero-order valence-corrected chi connectivity index (χ0v) is 8.50. The Morgan fingerprint density at radius 2 is 2.21 bits per heavy atom. The van der Waals surface area contributed by atoms with Gasteiger partial charge in [0.25, 0.3) is 0 Å². The van der Waals surface area contributed by atoms with Gasteiger partial charge in [0.1, 0.15) is 5.75 Å². The summed E-state index contributed by atoms with van der Waals surface area (Å²) >= 11 is 0. The van der Waals surface area contributed by atoms with E-state index >= 15 is 0 Å². The number of ether oxygens (including phenoxy) is 1. The Morgan fingerprint density at radius 1 is 1.43 bits per heavy atom. The van der Waals surface area contributed by atoms with E-state index in [1.54, 1.807) is 7.11 Å².